The number of methoxy groups -OCH3 is 1. The number of aromatic carboxylic acids is 1. The highest BCUT2D eigenvalue weighted by Gasteiger charge is 2.19. The summed E-state index contributed by atoms with van der Waals surface area (Å²) in [5.41, 5.74) is 3.49. The van der Waals surface area contributed by atoms with E-state index in [1.807, 2.05) is 55.5 Å². The fourth-order valence-electron chi connectivity index (χ4n) is 3.93. The van der Waals surface area contributed by atoms with Crippen LogP contribution in [0.2, 0.25) is 0 Å². The highest BCUT2D eigenvalue weighted by molar-refractivity contribution is 5.97. The summed E-state index contributed by atoms with van der Waals surface area (Å²) in [6.45, 7) is 2.39. The fourth-order valence-corrected chi connectivity index (χ4v) is 3.93. The van der Waals surface area contributed by atoms with E-state index in [4.69, 9.17) is 4.74 Å². The van der Waals surface area contributed by atoms with Crippen molar-refractivity contribution in [2.45, 2.75) is 25.8 Å². The van der Waals surface area contributed by atoms with Gasteiger partial charge < -0.3 is 15.2 Å². The zero-order valence-electron chi connectivity index (χ0n) is 18.5. The lowest BCUT2D eigenvalue weighted by Gasteiger charge is -2.16. The molecule has 168 valence electrons. The van der Waals surface area contributed by atoms with Gasteiger partial charge in [-0.05, 0) is 42.3 Å². The van der Waals surface area contributed by atoms with E-state index in [9.17, 15) is 14.7 Å². The Hall–Kier alpha value is -4.13. The molecule has 7 heteroatoms. The van der Waals surface area contributed by atoms with Crippen molar-refractivity contribution >= 4 is 28.5 Å². The molecular formula is C26H25N3O4. The van der Waals surface area contributed by atoms with Crippen molar-refractivity contribution in [3.8, 4) is 5.75 Å². The summed E-state index contributed by atoms with van der Waals surface area (Å²) in [7, 11) is 1.51. The summed E-state index contributed by atoms with van der Waals surface area (Å²) >= 11 is 0. The molecule has 0 aliphatic rings. The Labute approximate surface area is 191 Å². The Kier molecular flexibility index (Phi) is 6.40. The van der Waals surface area contributed by atoms with Crippen LogP contribution in [0.25, 0.3) is 10.9 Å². The van der Waals surface area contributed by atoms with E-state index in [1.165, 1.54) is 13.2 Å². The summed E-state index contributed by atoms with van der Waals surface area (Å²) in [5.74, 6) is -0.814. The molecule has 4 aromatic rings. The van der Waals surface area contributed by atoms with Crippen molar-refractivity contribution in [1.29, 1.82) is 0 Å². The van der Waals surface area contributed by atoms with Gasteiger partial charge in [0.2, 0.25) is 5.91 Å². The number of nitrogens with zero attached hydrogens (tertiary/aromatic N) is 2. The molecule has 0 aliphatic carbocycles. The molecule has 1 aromatic heterocycles. The third kappa shape index (κ3) is 4.72. The Balaban J connectivity index is 1.59. The maximum atomic E-state index is 13.0. The number of carboxylic acid groups (broad SMARTS) is 1. The second-order valence-electron chi connectivity index (χ2n) is 7.77. The second kappa shape index (κ2) is 9.56. The number of carbonyl (C=O) groups is 2. The number of carbonyl (C=O) groups excluding carboxylic acids is 1. The Morgan fingerprint density at radius 3 is 2.58 bits per heavy atom. The van der Waals surface area contributed by atoms with Gasteiger partial charge in [0.25, 0.3) is 0 Å². The quantitative estimate of drug-likeness (QED) is 0.403. The van der Waals surface area contributed by atoms with Gasteiger partial charge in [0, 0.05) is 16.6 Å². The minimum atomic E-state index is -1.01. The first-order chi connectivity index (χ1) is 16.0. The minimum Gasteiger partial charge on any atom is -0.496 e. The van der Waals surface area contributed by atoms with Gasteiger partial charge in [0.1, 0.15) is 5.75 Å². The normalized spacial score (nSPS) is 11.8. The molecule has 0 saturated carbocycles. The molecule has 0 fully saturated rings. The molecule has 1 unspecified atom stereocenters. The number of carboxylic acids is 1. The molecule has 33 heavy (non-hydrogen) atoms. The molecule has 1 atom stereocenters. The second-order valence-corrected chi connectivity index (χ2v) is 7.77. The molecule has 1 amide bonds. The van der Waals surface area contributed by atoms with E-state index in [-0.39, 0.29) is 17.4 Å². The highest BCUT2D eigenvalue weighted by atomic mass is 16.5. The Morgan fingerprint density at radius 2 is 1.88 bits per heavy atom. The van der Waals surface area contributed by atoms with Crippen molar-refractivity contribution < 1.29 is 19.4 Å². The third-order valence-electron chi connectivity index (χ3n) is 5.69. The summed E-state index contributed by atoms with van der Waals surface area (Å²) in [6.07, 6.45) is 2.46. The van der Waals surface area contributed by atoms with Crippen LogP contribution < -0.4 is 10.1 Å². The van der Waals surface area contributed by atoms with Crippen LogP contribution in [0.3, 0.4) is 0 Å². The molecule has 0 bridgehead atoms. The molecule has 0 saturated heterocycles. The van der Waals surface area contributed by atoms with E-state index < -0.39 is 5.97 Å². The smallest absolute Gasteiger partial charge is 0.335 e. The third-order valence-corrected chi connectivity index (χ3v) is 5.69. The van der Waals surface area contributed by atoms with Crippen LogP contribution in [0.4, 0.5) is 5.69 Å². The largest absolute Gasteiger partial charge is 0.496 e. The zero-order chi connectivity index (χ0) is 23.4. The maximum absolute atomic E-state index is 13.0. The summed E-state index contributed by atoms with van der Waals surface area (Å²) < 4.78 is 7.20. The molecule has 4 rings (SSSR count). The van der Waals surface area contributed by atoms with Crippen LogP contribution in [-0.4, -0.2) is 33.9 Å². The van der Waals surface area contributed by atoms with Crippen LogP contribution in [0.5, 0.6) is 5.75 Å². The van der Waals surface area contributed by atoms with Crippen molar-refractivity contribution in [3.63, 3.8) is 0 Å². The van der Waals surface area contributed by atoms with Crippen molar-refractivity contribution in [2.75, 3.05) is 12.4 Å². The number of nitrogens with one attached hydrogen (secondary N) is 1. The van der Waals surface area contributed by atoms with E-state index in [0.29, 0.717) is 24.4 Å². The van der Waals surface area contributed by atoms with Gasteiger partial charge in [-0.1, -0.05) is 43.3 Å². The van der Waals surface area contributed by atoms with Crippen LogP contribution in [0, 0.1) is 0 Å². The highest BCUT2D eigenvalue weighted by Crippen LogP contribution is 2.26. The molecule has 0 aliphatic heterocycles. The molecule has 0 spiro atoms. The van der Waals surface area contributed by atoms with Crippen molar-refractivity contribution in [3.05, 3.63) is 89.6 Å². The van der Waals surface area contributed by atoms with Crippen molar-refractivity contribution in [1.82, 2.24) is 9.78 Å². The Bertz CT molecular complexity index is 1300. The average molecular weight is 444 g/mol. The average Bonchev–Trinajstić information content (AvgIpc) is 3.22. The number of rotatable bonds is 8. The first-order valence-corrected chi connectivity index (χ1v) is 10.7. The van der Waals surface area contributed by atoms with Gasteiger partial charge >= 0.3 is 5.97 Å². The van der Waals surface area contributed by atoms with Gasteiger partial charge in [-0.2, -0.15) is 5.10 Å². The molecular weight excluding hydrogens is 418 g/mol. The molecule has 2 N–H and O–H groups in total. The number of benzene rings is 3. The Morgan fingerprint density at radius 1 is 1.09 bits per heavy atom. The number of fused-ring (bicyclic) bond motifs is 1. The molecule has 3 aromatic carbocycles. The van der Waals surface area contributed by atoms with E-state index in [1.54, 1.807) is 23.0 Å². The number of hydrogen-bond acceptors (Lipinski definition) is 4. The lowest BCUT2D eigenvalue weighted by atomic mass is 9.95. The van der Waals surface area contributed by atoms with Gasteiger partial charge in [-0.25, -0.2) is 4.79 Å². The molecule has 0 radical (unpaired) electrons. The lowest BCUT2D eigenvalue weighted by molar-refractivity contribution is -0.117. The molecule has 7 nitrogen and oxygen atoms in total. The maximum Gasteiger partial charge on any atom is 0.335 e. The fraction of sp³-hybridized carbons (Fsp3) is 0.192. The molecule has 1 heterocycles. The van der Waals surface area contributed by atoms with E-state index >= 15 is 0 Å². The SMILES string of the molecule is CCC(C(=O)Nc1ccc2cnn(Cc3ccc(C(=O)O)cc3OC)c2c1)c1ccccc1. The van der Waals surface area contributed by atoms with Crippen LogP contribution in [-0.2, 0) is 11.3 Å². The van der Waals surface area contributed by atoms with Gasteiger partial charge in [-0.15, -0.1) is 0 Å². The first-order valence-electron chi connectivity index (χ1n) is 10.7. The summed E-state index contributed by atoms with van der Waals surface area (Å²) in [5, 5.41) is 17.7. The monoisotopic (exact) mass is 443 g/mol. The first kappa shape index (κ1) is 22.1. The topological polar surface area (TPSA) is 93.5 Å². The van der Waals surface area contributed by atoms with Gasteiger partial charge in [0.15, 0.2) is 0 Å². The van der Waals surface area contributed by atoms with Gasteiger partial charge in [-0.3, -0.25) is 9.48 Å². The van der Waals surface area contributed by atoms with Gasteiger partial charge in [0.05, 0.1) is 36.8 Å². The zero-order valence-corrected chi connectivity index (χ0v) is 18.5. The predicted molar refractivity (Wildman–Crippen MR) is 127 cm³/mol. The number of aromatic nitrogens is 2. The van der Waals surface area contributed by atoms with E-state index in [2.05, 4.69) is 10.4 Å². The van der Waals surface area contributed by atoms with Crippen molar-refractivity contribution in [2.24, 2.45) is 0 Å². The van der Waals surface area contributed by atoms with Crippen LogP contribution >= 0.6 is 0 Å². The summed E-state index contributed by atoms with van der Waals surface area (Å²) in [6, 6.07) is 20.2. The summed E-state index contributed by atoms with van der Waals surface area (Å²) in [4.78, 5) is 24.2. The number of ether oxygens (including phenoxy) is 1. The van der Waals surface area contributed by atoms with Crippen LogP contribution in [0.1, 0.15) is 40.7 Å². The number of anilines is 1. The standard InChI is InChI=1S/C26H25N3O4/c1-3-22(17-7-5-4-6-8-17)25(30)28-21-12-11-19-15-27-29(23(19)14-21)16-20-10-9-18(26(31)32)13-24(20)33-2/h4-15,22H,3,16H2,1-2H3,(H,28,30)(H,31,32). The predicted octanol–water partition coefficient (Wildman–Crippen LogP) is 4.92. The number of hydrogen-bond donors (Lipinski definition) is 2. The van der Waals surface area contributed by atoms with Crippen LogP contribution in [0.15, 0.2) is 72.9 Å². The lowest BCUT2D eigenvalue weighted by Crippen LogP contribution is -2.20. The minimum absolute atomic E-state index is 0.0555. The van der Waals surface area contributed by atoms with E-state index in [0.717, 1.165) is 22.0 Å². The number of amides is 1.